The molecule has 0 aliphatic heterocycles. The first-order valence-corrected chi connectivity index (χ1v) is 6.82. The molecule has 22 heavy (non-hydrogen) atoms. The molecule has 116 valence electrons. The summed E-state index contributed by atoms with van der Waals surface area (Å²) in [7, 11) is 3.11. The van der Waals surface area contributed by atoms with Crippen LogP contribution in [0, 0.1) is 6.92 Å². The Balaban J connectivity index is 2.62. The van der Waals surface area contributed by atoms with Crippen molar-refractivity contribution >= 4 is 6.29 Å². The van der Waals surface area contributed by atoms with Crippen LogP contribution in [0.5, 0.6) is 5.75 Å². The Labute approximate surface area is 128 Å². The van der Waals surface area contributed by atoms with Gasteiger partial charge in [-0.15, -0.1) is 0 Å². The smallest absolute Gasteiger partial charge is 0.277 e. The predicted octanol–water partition coefficient (Wildman–Crippen LogP) is 1.69. The van der Waals surface area contributed by atoms with E-state index in [9.17, 15) is 9.59 Å². The summed E-state index contributed by atoms with van der Waals surface area (Å²) in [5.74, 6) is 0.631. The molecule has 1 aromatic carbocycles. The monoisotopic (exact) mass is 302 g/mol. The van der Waals surface area contributed by atoms with E-state index in [1.807, 2.05) is 25.1 Å². The van der Waals surface area contributed by atoms with Crippen LogP contribution < -0.4 is 10.3 Å². The zero-order valence-corrected chi connectivity index (χ0v) is 12.8. The van der Waals surface area contributed by atoms with Gasteiger partial charge in [0.2, 0.25) is 0 Å². The lowest BCUT2D eigenvalue weighted by Crippen LogP contribution is -2.28. The van der Waals surface area contributed by atoms with Gasteiger partial charge in [0.15, 0.2) is 6.29 Å². The molecule has 0 saturated heterocycles. The summed E-state index contributed by atoms with van der Waals surface area (Å²) in [6.45, 7) is 2.56. The van der Waals surface area contributed by atoms with Crippen LogP contribution >= 0.6 is 0 Å². The first-order chi connectivity index (χ1) is 10.6. The van der Waals surface area contributed by atoms with Crippen molar-refractivity contribution < 1.29 is 14.3 Å². The zero-order chi connectivity index (χ0) is 16.1. The second kappa shape index (κ2) is 7.00. The van der Waals surface area contributed by atoms with Crippen molar-refractivity contribution in [2.24, 2.45) is 0 Å². The van der Waals surface area contributed by atoms with Gasteiger partial charge in [0.1, 0.15) is 5.75 Å². The fourth-order valence-electron chi connectivity index (χ4n) is 2.13. The molecule has 0 N–H and O–H groups in total. The van der Waals surface area contributed by atoms with Crippen LogP contribution in [0.1, 0.15) is 15.9 Å². The Hall–Kier alpha value is -2.47. The molecule has 0 unspecified atom stereocenters. The SMILES string of the molecule is COCCn1nc(-c2cc(C)ccc2OC)cc(C=O)c1=O. The molecule has 0 saturated carbocycles. The van der Waals surface area contributed by atoms with Crippen LogP contribution in [0.4, 0.5) is 0 Å². The van der Waals surface area contributed by atoms with E-state index in [0.29, 0.717) is 24.3 Å². The summed E-state index contributed by atoms with van der Waals surface area (Å²) in [5, 5.41) is 4.32. The fraction of sp³-hybridized carbons (Fsp3) is 0.312. The molecular weight excluding hydrogens is 284 g/mol. The van der Waals surface area contributed by atoms with Crippen molar-refractivity contribution in [2.45, 2.75) is 13.5 Å². The summed E-state index contributed by atoms with van der Waals surface area (Å²) in [6.07, 6.45) is 0.541. The van der Waals surface area contributed by atoms with E-state index in [-0.39, 0.29) is 12.1 Å². The van der Waals surface area contributed by atoms with Gasteiger partial charge in [-0.25, -0.2) is 4.68 Å². The average Bonchev–Trinajstić information content (AvgIpc) is 2.53. The number of aryl methyl sites for hydroxylation is 1. The molecule has 2 aromatic rings. The Kier molecular flexibility index (Phi) is 5.06. The van der Waals surface area contributed by atoms with Gasteiger partial charge >= 0.3 is 0 Å². The summed E-state index contributed by atoms with van der Waals surface area (Å²) < 4.78 is 11.6. The minimum Gasteiger partial charge on any atom is -0.496 e. The van der Waals surface area contributed by atoms with Crippen molar-refractivity contribution in [3.8, 4) is 17.0 Å². The summed E-state index contributed by atoms with van der Waals surface area (Å²) in [6, 6.07) is 7.14. The maximum Gasteiger partial charge on any atom is 0.277 e. The van der Waals surface area contributed by atoms with E-state index in [1.165, 1.54) is 10.7 Å². The molecule has 0 bridgehead atoms. The van der Waals surface area contributed by atoms with Gasteiger partial charge in [-0.1, -0.05) is 11.6 Å². The zero-order valence-electron chi connectivity index (χ0n) is 12.8. The van der Waals surface area contributed by atoms with Crippen LogP contribution in [0.25, 0.3) is 11.3 Å². The lowest BCUT2D eigenvalue weighted by Gasteiger charge is -2.12. The van der Waals surface area contributed by atoms with Crippen LogP contribution in [0.3, 0.4) is 0 Å². The number of ether oxygens (including phenoxy) is 2. The summed E-state index contributed by atoms with van der Waals surface area (Å²) >= 11 is 0. The number of benzene rings is 1. The van der Waals surface area contributed by atoms with E-state index >= 15 is 0 Å². The van der Waals surface area contributed by atoms with Crippen molar-refractivity contribution in [3.63, 3.8) is 0 Å². The molecule has 0 radical (unpaired) electrons. The van der Waals surface area contributed by atoms with Gasteiger partial charge in [-0.05, 0) is 25.1 Å². The summed E-state index contributed by atoms with van der Waals surface area (Å²) in [4.78, 5) is 23.2. The Bertz CT molecular complexity index is 737. The van der Waals surface area contributed by atoms with E-state index < -0.39 is 5.56 Å². The predicted molar refractivity (Wildman–Crippen MR) is 82.5 cm³/mol. The van der Waals surface area contributed by atoms with E-state index in [2.05, 4.69) is 5.10 Å². The third-order valence-corrected chi connectivity index (χ3v) is 3.27. The molecule has 0 fully saturated rings. The highest BCUT2D eigenvalue weighted by atomic mass is 16.5. The van der Waals surface area contributed by atoms with Gasteiger partial charge in [-0.2, -0.15) is 5.10 Å². The lowest BCUT2D eigenvalue weighted by molar-refractivity contribution is 0.112. The molecule has 1 heterocycles. The normalized spacial score (nSPS) is 10.5. The molecule has 0 aliphatic rings. The Morgan fingerprint density at radius 2 is 2.05 bits per heavy atom. The van der Waals surface area contributed by atoms with Gasteiger partial charge in [-0.3, -0.25) is 9.59 Å². The third kappa shape index (κ3) is 3.23. The molecular formula is C16H18N2O4. The summed E-state index contributed by atoms with van der Waals surface area (Å²) in [5.41, 5.74) is 1.90. The van der Waals surface area contributed by atoms with Gasteiger partial charge in [0, 0.05) is 12.7 Å². The minimum atomic E-state index is -0.428. The average molecular weight is 302 g/mol. The number of aldehydes is 1. The van der Waals surface area contributed by atoms with Crippen LogP contribution in [0.15, 0.2) is 29.1 Å². The molecule has 0 amide bonds. The van der Waals surface area contributed by atoms with Crippen LogP contribution in [-0.4, -0.2) is 36.9 Å². The Morgan fingerprint density at radius 1 is 1.27 bits per heavy atom. The standard InChI is InChI=1S/C16H18N2O4/c1-11-4-5-15(22-3)13(8-11)14-9-12(10-19)16(20)18(17-14)6-7-21-2/h4-5,8-10H,6-7H2,1-3H3. The van der Waals surface area contributed by atoms with E-state index in [0.717, 1.165) is 11.1 Å². The van der Waals surface area contributed by atoms with Crippen LogP contribution in [-0.2, 0) is 11.3 Å². The molecule has 0 atom stereocenters. The number of rotatable bonds is 6. The van der Waals surface area contributed by atoms with E-state index in [1.54, 1.807) is 14.2 Å². The highest BCUT2D eigenvalue weighted by Gasteiger charge is 2.13. The molecule has 0 aliphatic carbocycles. The highest BCUT2D eigenvalue weighted by Crippen LogP contribution is 2.29. The first-order valence-electron chi connectivity index (χ1n) is 6.82. The topological polar surface area (TPSA) is 70.4 Å². The maximum atomic E-state index is 12.1. The second-order valence-electron chi connectivity index (χ2n) is 4.83. The molecule has 6 nitrogen and oxygen atoms in total. The maximum absolute atomic E-state index is 12.1. The number of hydrogen-bond donors (Lipinski definition) is 0. The lowest BCUT2D eigenvalue weighted by atomic mass is 10.1. The minimum absolute atomic E-state index is 0.0599. The number of nitrogens with zero attached hydrogens (tertiary/aromatic N) is 2. The molecule has 6 heteroatoms. The largest absolute Gasteiger partial charge is 0.496 e. The van der Waals surface area contributed by atoms with Crippen molar-refractivity contribution in [2.75, 3.05) is 20.8 Å². The van der Waals surface area contributed by atoms with Crippen molar-refractivity contribution in [3.05, 3.63) is 45.7 Å². The van der Waals surface area contributed by atoms with Crippen molar-refractivity contribution in [1.82, 2.24) is 9.78 Å². The number of carbonyl (C=O) groups is 1. The second-order valence-corrected chi connectivity index (χ2v) is 4.83. The highest BCUT2D eigenvalue weighted by molar-refractivity contribution is 5.78. The van der Waals surface area contributed by atoms with Gasteiger partial charge in [0.25, 0.3) is 5.56 Å². The molecule has 1 aromatic heterocycles. The quantitative estimate of drug-likeness (QED) is 0.759. The molecule has 2 rings (SSSR count). The molecule has 0 spiro atoms. The third-order valence-electron chi connectivity index (χ3n) is 3.27. The Morgan fingerprint density at radius 3 is 2.68 bits per heavy atom. The van der Waals surface area contributed by atoms with E-state index in [4.69, 9.17) is 9.47 Å². The number of aromatic nitrogens is 2. The number of methoxy groups -OCH3 is 2. The van der Waals surface area contributed by atoms with Crippen LogP contribution in [0.2, 0.25) is 0 Å². The first kappa shape index (κ1) is 15.9. The van der Waals surface area contributed by atoms with Gasteiger partial charge < -0.3 is 9.47 Å². The van der Waals surface area contributed by atoms with Gasteiger partial charge in [0.05, 0.1) is 31.5 Å². The number of carbonyl (C=O) groups excluding carboxylic acids is 1. The fourth-order valence-corrected chi connectivity index (χ4v) is 2.13. The number of hydrogen-bond acceptors (Lipinski definition) is 5. The van der Waals surface area contributed by atoms with Crippen molar-refractivity contribution in [1.29, 1.82) is 0 Å².